The molecule has 1 unspecified atom stereocenters. The topological polar surface area (TPSA) is 38.0 Å². The Labute approximate surface area is 85.4 Å². The summed E-state index contributed by atoms with van der Waals surface area (Å²) in [5.41, 5.74) is 6.17. The van der Waals surface area contributed by atoms with E-state index in [2.05, 4.69) is 21.2 Å². The normalized spacial score (nSPS) is 12.6. The van der Waals surface area contributed by atoms with Crippen LogP contribution < -0.4 is 11.1 Å². The Bertz CT molecular complexity index is 291. The van der Waals surface area contributed by atoms with Crippen molar-refractivity contribution in [1.29, 1.82) is 0 Å². The van der Waals surface area contributed by atoms with E-state index < -0.39 is 0 Å². The van der Waals surface area contributed by atoms with Crippen molar-refractivity contribution in [3.05, 3.63) is 28.5 Å². The molecule has 4 heteroatoms. The van der Waals surface area contributed by atoms with Gasteiger partial charge in [0, 0.05) is 17.1 Å². The molecule has 1 rings (SSSR count). The first-order valence-electron chi connectivity index (χ1n) is 4.05. The highest BCUT2D eigenvalue weighted by Crippen LogP contribution is 2.23. The minimum Gasteiger partial charge on any atom is -0.380 e. The lowest BCUT2D eigenvalue weighted by Crippen LogP contribution is -2.25. The Kier molecular flexibility index (Phi) is 3.69. The van der Waals surface area contributed by atoms with Crippen LogP contribution in [0.2, 0.25) is 0 Å². The zero-order valence-corrected chi connectivity index (χ0v) is 8.94. The maximum Gasteiger partial charge on any atom is 0.125 e. The maximum absolute atomic E-state index is 12.8. The molecule has 2 nitrogen and oxygen atoms in total. The van der Waals surface area contributed by atoms with E-state index in [9.17, 15) is 4.39 Å². The second-order valence-corrected chi connectivity index (χ2v) is 3.76. The number of anilines is 1. The largest absolute Gasteiger partial charge is 0.380 e. The summed E-state index contributed by atoms with van der Waals surface area (Å²) in [5, 5.41) is 3.09. The van der Waals surface area contributed by atoms with E-state index in [4.69, 9.17) is 5.73 Å². The maximum atomic E-state index is 12.8. The van der Waals surface area contributed by atoms with Crippen LogP contribution in [-0.2, 0) is 0 Å². The molecule has 0 amide bonds. The number of nitrogens with two attached hydrogens (primary N) is 1. The summed E-state index contributed by atoms with van der Waals surface area (Å²) in [6.07, 6.45) is 0. The van der Waals surface area contributed by atoms with Gasteiger partial charge in [-0.05, 0) is 41.1 Å². The zero-order valence-electron chi connectivity index (χ0n) is 7.35. The Morgan fingerprint density at radius 3 is 2.92 bits per heavy atom. The van der Waals surface area contributed by atoms with Crippen LogP contribution in [0.4, 0.5) is 10.1 Å². The van der Waals surface area contributed by atoms with E-state index >= 15 is 0 Å². The standard InChI is InChI=1S/C9H12BrFN2/c1-6(5-12)13-9-4-7(11)2-3-8(9)10/h2-4,6,13H,5,12H2,1H3. The van der Waals surface area contributed by atoms with Crippen molar-refractivity contribution in [2.75, 3.05) is 11.9 Å². The third-order valence-electron chi connectivity index (χ3n) is 1.68. The molecule has 0 aromatic heterocycles. The number of benzene rings is 1. The lowest BCUT2D eigenvalue weighted by Gasteiger charge is -2.14. The molecular formula is C9H12BrFN2. The van der Waals surface area contributed by atoms with Crippen molar-refractivity contribution < 1.29 is 4.39 Å². The van der Waals surface area contributed by atoms with Crippen molar-refractivity contribution in [3.63, 3.8) is 0 Å². The molecule has 0 spiro atoms. The van der Waals surface area contributed by atoms with Gasteiger partial charge in [-0.25, -0.2) is 4.39 Å². The predicted molar refractivity (Wildman–Crippen MR) is 56.2 cm³/mol. The Balaban J connectivity index is 2.81. The van der Waals surface area contributed by atoms with Gasteiger partial charge in [0.05, 0.1) is 5.69 Å². The van der Waals surface area contributed by atoms with Crippen LogP contribution in [0.15, 0.2) is 22.7 Å². The van der Waals surface area contributed by atoms with Crippen LogP contribution in [0.5, 0.6) is 0 Å². The fourth-order valence-electron chi connectivity index (χ4n) is 0.932. The van der Waals surface area contributed by atoms with E-state index in [-0.39, 0.29) is 11.9 Å². The molecule has 1 aromatic carbocycles. The molecule has 0 aliphatic carbocycles. The Hall–Kier alpha value is -0.610. The summed E-state index contributed by atoms with van der Waals surface area (Å²) in [5.74, 6) is -0.255. The summed E-state index contributed by atoms with van der Waals surface area (Å²) in [6.45, 7) is 2.46. The third-order valence-corrected chi connectivity index (χ3v) is 2.38. The van der Waals surface area contributed by atoms with E-state index in [0.717, 1.165) is 10.2 Å². The Morgan fingerprint density at radius 2 is 2.31 bits per heavy atom. The van der Waals surface area contributed by atoms with Crippen molar-refractivity contribution in [3.8, 4) is 0 Å². The molecule has 0 aliphatic rings. The number of rotatable bonds is 3. The van der Waals surface area contributed by atoms with Gasteiger partial charge in [-0.15, -0.1) is 0 Å². The second-order valence-electron chi connectivity index (χ2n) is 2.91. The van der Waals surface area contributed by atoms with Crippen molar-refractivity contribution in [2.45, 2.75) is 13.0 Å². The van der Waals surface area contributed by atoms with Gasteiger partial charge < -0.3 is 11.1 Å². The molecule has 0 saturated heterocycles. The minimum absolute atomic E-state index is 0.137. The zero-order chi connectivity index (χ0) is 9.84. The second kappa shape index (κ2) is 4.58. The predicted octanol–water partition coefficient (Wildman–Crippen LogP) is 2.35. The average molecular weight is 247 g/mol. The number of halogens is 2. The lowest BCUT2D eigenvalue weighted by molar-refractivity contribution is 0.627. The number of hydrogen-bond acceptors (Lipinski definition) is 2. The van der Waals surface area contributed by atoms with Gasteiger partial charge in [0.15, 0.2) is 0 Å². The smallest absolute Gasteiger partial charge is 0.125 e. The molecular weight excluding hydrogens is 235 g/mol. The van der Waals surface area contributed by atoms with Crippen LogP contribution in [0.25, 0.3) is 0 Å². The van der Waals surface area contributed by atoms with Crippen LogP contribution in [-0.4, -0.2) is 12.6 Å². The molecule has 0 radical (unpaired) electrons. The molecule has 3 N–H and O–H groups in total. The molecule has 0 aliphatic heterocycles. The molecule has 13 heavy (non-hydrogen) atoms. The van der Waals surface area contributed by atoms with E-state index in [0.29, 0.717) is 6.54 Å². The molecule has 0 bridgehead atoms. The third kappa shape index (κ3) is 2.97. The molecule has 1 atom stereocenters. The van der Waals surface area contributed by atoms with Crippen LogP contribution in [0, 0.1) is 5.82 Å². The highest BCUT2D eigenvalue weighted by Gasteiger charge is 2.04. The molecule has 1 aromatic rings. The first-order chi connectivity index (χ1) is 6.13. The fourth-order valence-corrected chi connectivity index (χ4v) is 1.29. The van der Waals surface area contributed by atoms with Crippen LogP contribution in [0.1, 0.15) is 6.92 Å². The minimum atomic E-state index is -0.255. The summed E-state index contributed by atoms with van der Waals surface area (Å²) >= 11 is 3.32. The molecule has 0 fully saturated rings. The molecule has 0 heterocycles. The first-order valence-corrected chi connectivity index (χ1v) is 4.84. The first kappa shape index (κ1) is 10.5. The van der Waals surface area contributed by atoms with E-state index in [1.165, 1.54) is 12.1 Å². The lowest BCUT2D eigenvalue weighted by atomic mass is 10.2. The van der Waals surface area contributed by atoms with Gasteiger partial charge in [-0.3, -0.25) is 0 Å². The Morgan fingerprint density at radius 1 is 1.62 bits per heavy atom. The highest BCUT2D eigenvalue weighted by molar-refractivity contribution is 9.10. The highest BCUT2D eigenvalue weighted by atomic mass is 79.9. The van der Waals surface area contributed by atoms with Crippen molar-refractivity contribution >= 4 is 21.6 Å². The van der Waals surface area contributed by atoms with Gasteiger partial charge in [-0.2, -0.15) is 0 Å². The number of hydrogen-bond donors (Lipinski definition) is 2. The average Bonchev–Trinajstić information content (AvgIpc) is 2.11. The summed E-state index contributed by atoms with van der Waals surface area (Å²) < 4.78 is 13.7. The number of nitrogens with one attached hydrogen (secondary N) is 1. The van der Waals surface area contributed by atoms with Gasteiger partial charge >= 0.3 is 0 Å². The van der Waals surface area contributed by atoms with Gasteiger partial charge in [0.2, 0.25) is 0 Å². The monoisotopic (exact) mass is 246 g/mol. The van der Waals surface area contributed by atoms with Crippen LogP contribution >= 0.6 is 15.9 Å². The molecule has 72 valence electrons. The van der Waals surface area contributed by atoms with Gasteiger partial charge in [0.1, 0.15) is 5.82 Å². The summed E-state index contributed by atoms with van der Waals surface area (Å²) in [4.78, 5) is 0. The quantitative estimate of drug-likeness (QED) is 0.860. The van der Waals surface area contributed by atoms with Crippen molar-refractivity contribution in [2.24, 2.45) is 5.73 Å². The van der Waals surface area contributed by atoms with E-state index in [1.54, 1.807) is 6.07 Å². The fraction of sp³-hybridized carbons (Fsp3) is 0.333. The van der Waals surface area contributed by atoms with Gasteiger partial charge in [0.25, 0.3) is 0 Å². The molecule has 0 saturated carbocycles. The van der Waals surface area contributed by atoms with Crippen LogP contribution in [0.3, 0.4) is 0 Å². The SMILES string of the molecule is CC(CN)Nc1cc(F)ccc1Br. The van der Waals surface area contributed by atoms with Crippen molar-refractivity contribution in [1.82, 2.24) is 0 Å². The van der Waals surface area contributed by atoms with E-state index in [1.807, 2.05) is 6.92 Å². The van der Waals surface area contributed by atoms with Gasteiger partial charge in [-0.1, -0.05) is 0 Å². The summed E-state index contributed by atoms with van der Waals surface area (Å²) in [6, 6.07) is 4.65. The summed E-state index contributed by atoms with van der Waals surface area (Å²) in [7, 11) is 0.